The lowest BCUT2D eigenvalue weighted by atomic mass is 10.1. The van der Waals surface area contributed by atoms with Crippen molar-refractivity contribution >= 4 is 0 Å². The lowest BCUT2D eigenvalue weighted by molar-refractivity contribution is 0.198. The predicted molar refractivity (Wildman–Crippen MR) is 97.6 cm³/mol. The minimum Gasteiger partial charge on any atom is -0.384 e. The van der Waals surface area contributed by atoms with Crippen LogP contribution in [0.2, 0.25) is 0 Å². The molecule has 7 heteroatoms. The maximum absolute atomic E-state index is 5.21. The fraction of sp³-hybridized carbons (Fsp3) is 0.722. The predicted octanol–water partition coefficient (Wildman–Crippen LogP) is 2.32. The summed E-state index contributed by atoms with van der Waals surface area (Å²) >= 11 is 0. The van der Waals surface area contributed by atoms with Crippen molar-refractivity contribution in [1.82, 2.24) is 29.4 Å². The molecule has 0 unspecified atom stereocenters. The first-order valence-corrected chi connectivity index (χ1v) is 9.29. The smallest absolute Gasteiger partial charge is 0.162 e. The zero-order valence-electron chi connectivity index (χ0n) is 15.9. The maximum atomic E-state index is 5.21. The zero-order valence-corrected chi connectivity index (χ0v) is 15.9. The summed E-state index contributed by atoms with van der Waals surface area (Å²) in [5.41, 5.74) is 2.12. The van der Waals surface area contributed by atoms with E-state index in [0.717, 1.165) is 68.2 Å². The van der Waals surface area contributed by atoms with Gasteiger partial charge < -0.3 is 9.64 Å². The van der Waals surface area contributed by atoms with Crippen LogP contribution < -0.4 is 0 Å². The van der Waals surface area contributed by atoms with Crippen LogP contribution >= 0.6 is 0 Å². The van der Waals surface area contributed by atoms with E-state index in [-0.39, 0.29) is 0 Å². The van der Waals surface area contributed by atoms with Gasteiger partial charge in [-0.2, -0.15) is 10.2 Å². The summed E-state index contributed by atoms with van der Waals surface area (Å²) in [4.78, 5) is 7.23. The Kier molecular flexibility index (Phi) is 5.86. The molecule has 0 aromatic carbocycles. The minimum atomic E-state index is 0.406. The van der Waals surface area contributed by atoms with Gasteiger partial charge in [-0.1, -0.05) is 6.92 Å². The number of hydrogen-bond donors (Lipinski definition) is 0. The number of rotatable bonds is 7. The van der Waals surface area contributed by atoms with Crippen molar-refractivity contribution in [2.45, 2.75) is 52.1 Å². The molecular weight excluding hydrogens is 316 g/mol. The van der Waals surface area contributed by atoms with Gasteiger partial charge in [0.1, 0.15) is 0 Å². The Bertz CT molecular complexity index is 684. The van der Waals surface area contributed by atoms with E-state index in [1.165, 1.54) is 0 Å². The summed E-state index contributed by atoms with van der Waals surface area (Å²) in [6.07, 6.45) is 6.15. The van der Waals surface area contributed by atoms with Gasteiger partial charge in [0.15, 0.2) is 11.6 Å². The van der Waals surface area contributed by atoms with Crippen molar-refractivity contribution in [3.05, 3.63) is 17.7 Å². The summed E-state index contributed by atoms with van der Waals surface area (Å²) in [6, 6.07) is 0.406. The molecular formula is C18H30N6O. The molecule has 3 heterocycles. The number of piperidine rings is 1. The van der Waals surface area contributed by atoms with Crippen LogP contribution in [0.4, 0.5) is 0 Å². The van der Waals surface area contributed by atoms with E-state index in [1.807, 2.05) is 4.68 Å². The van der Waals surface area contributed by atoms with Gasteiger partial charge in [0.25, 0.3) is 0 Å². The van der Waals surface area contributed by atoms with Crippen LogP contribution in [-0.4, -0.2) is 63.3 Å². The molecule has 138 valence electrons. The molecule has 0 aliphatic carbocycles. The third-order valence-electron chi connectivity index (χ3n) is 4.88. The molecule has 7 nitrogen and oxygen atoms in total. The molecule has 3 rings (SSSR count). The Hall–Kier alpha value is -1.73. The largest absolute Gasteiger partial charge is 0.384 e. The average Bonchev–Trinajstić information content (AvgIpc) is 3.17. The molecule has 0 saturated carbocycles. The molecule has 0 N–H and O–H groups in total. The van der Waals surface area contributed by atoms with Crippen LogP contribution in [0, 0.1) is 6.92 Å². The van der Waals surface area contributed by atoms with Crippen LogP contribution in [0.3, 0.4) is 0 Å². The van der Waals surface area contributed by atoms with Crippen molar-refractivity contribution in [3.8, 4) is 11.4 Å². The molecule has 0 bridgehead atoms. The first-order chi connectivity index (χ1) is 12.1. The Labute approximate surface area is 150 Å². The molecule has 0 spiro atoms. The Morgan fingerprint density at radius 3 is 2.68 bits per heavy atom. The Morgan fingerprint density at radius 2 is 2.00 bits per heavy atom. The fourth-order valence-electron chi connectivity index (χ4n) is 3.43. The van der Waals surface area contributed by atoms with Crippen molar-refractivity contribution in [1.29, 1.82) is 0 Å². The molecule has 0 amide bonds. The number of methoxy groups -OCH3 is 1. The lowest BCUT2D eigenvalue weighted by Crippen LogP contribution is -2.32. The Morgan fingerprint density at radius 1 is 1.24 bits per heavy atom. The third kappa shape index (κ3) is 4.10. The standard InChI is InChI=1S/C18H30N6O/c1-5-9-23-13-16(14(2)20-23)18-19-17(8-12-25-4)21-24(18)15-6-10-22(3)11-7-15/h13,15H,5-12H2,1-4H3. The molecule has 2 aromatic rings. The molecule has 0 radical (unpaired) electrons. The summed E-state index contributed by atoms with van der Waals surface area (Å²) in [5.74, 6) is 1.82. The highest BCUT2D eigenvalue weighted by atomic mass is 16.5. The van der Waals surface area contributed by atoms with Crippen LogP contribution in [0.1, 0.15) is 43.7 Å². The topological polar surface area (TPSA) is 61.0 Å². The van der Waals surface area contributed by atoms with Gasteiger partial charge in [0.2, 0.25) is 0 Å². The van der Waals surface area contributed by atoms with Gasteiger partial charge in [-0.25, -0.2) is 9.67 Å². The van der Waals surface area contributed by atoms with Gasteiger partial charge in [-0.3, -0.25) is 4.68 Å². The second-order valence-corrected chi connectivity index (χ2v) is 6.96. The molecule has 25 heavy (non-hydrogen) atoms. The number of ether oxygens (including phenoxy) is 1. The monoisotopic (exact) mass is 346 g/mol. The zero-order chi connectivity index (χ0) is 17.8. The van der Waals surface area contributed by atoms with E-state index in [2.05, 4.69) is 41.8 Å². The second kappa shape index (κ2) is 8.10. The molecule has 1 aliphatic rings. The van der Waals surface area contributed by atoms with Gasteiger partial charge in [0, 0.05) is 26.3 Å². The van der Waals surface area contributed by atoms with Gasteiger partial charge >= 0.3 is 0 Å². The van der Waals surface area contributed by atoms with Gasteiger partial charge in [-0.15, -0.1) is 0 Å². The third-order valence-corrected chi connectivity index (χ3v) is 4.88. The van der Waals surface area contributed by atoms with Gasteiger partial charge in [0.05, 0.1) is 23.9 Å². The van der Waals surface area contributed by atoms with Crippen molar-refractivity contribution in [2.75, 3.05) is 33.9 Å². The van der Waals surface area contributed by atoms with E-state index in [4.69, 9.17) is 14.8 Å². The molecule has 1 fully saturated rings. The van der Waals surface area contributed by atoms with E-state index >= 15 is 0 Å². The van der Waals surface area contributed by atoms with E-state index in [1.54, 1.807) is 7.11 Å². The molecule has 1 aliphatic heterocycles. The average molecular weight is 346 g/mol. The first-order valence-electron chi connectivity index (χ1n) is 9.29. The lowest BCUT2D eigenvalue weighted by Gasteiger charge is -2.29. The number of nitrogens with zero attached hydrogens (tertiary/aromatic N) is 6. The quantitative estimate of drug-likeness (QED) is 0.770. The second-order valence-electron chi connectivity index (χ2n) is 6.96. The van der Waals surface area contributed by atoms with Gasteiger partial charge in [-0.05, 0) is 46.3 Å². The van der Waals surface area contributed by atoms with E-state index in [0.29, 0.717) is 12.6 Å². The van der Waals surface area contributed by atoms with Crippen LogP contribution in [0.5, 0.6) is 0 Å². The van der Waals surface area contributed by atoms with Crippen LogP contribution in [0.15, 0.2) is 6.20 Å². The minimum absolute atomic E-state index is 0.406. The highest BCUT2D eigenvalue weighted by Gasteiger charge is 2.25. The molecule has 1 saturated heterocycles. The summed E-state index contributed by atoms with van der Waals surface area (Å²) < 4.78 is 9.38. The van der Waals surface area contributed by atoms with Crippen molar-refractivity contribution < 1.29 is 4.74 Å². The molecule has 2 aromatic heterocycles. The van der Waals surface area contributed by atoms with E-state index in [9.17, 15) is 0 Å². The summed E-state index contributed by atoms with van der Waals surface area (Å²) in [6.45, 7) is 8.01. The van der Waals surface area contributed by atoms with Crippen LogP contribution in [-0.2, 0) is 17.7 Å². The fourth-order valence-corrected chi connectivity index (χ4v) is 3.43. The molecule has 0 atom stereocenters. The van der Waals surface area contributed by atoms with E-state index < -0.39 is 0 Å². The van der Waals surface area contributed by atoms with Crippen molar-refractivity contribution in [3.63, 3.8) is 0 Å². The highest BCUT2D eigenvalue weighted by molar-refractivity contribution is 5.57. The maximum Gasteiger partial charge on any atom is 0.162 e. The summed E-state index contributed by atoms with van der Waals surface area (Å²) in [7, 11) is 3.90. The van der Waals surface area contributed by atoms with Crippen LogP contribution in [0.25, 0.3) is 11.4 Å². The first kappa shape index (κ1) is 18.1. The number of likely N-dealkylation sites (tertiary alicyclic amines) is 1. The Balaban J connectivity index is 1.94. The summed E-state index contributed by atoms with van der Waals surface area (Å²) in [5, 5.41) is 9.49. The normalized spacial score (nSPS) is 16.6. The SMILES string of the molecule is CCCn1cc(-c2nc(CCOC)nn2C2CCN(C)CC2)c(C)n1. The highest BCUT2D eigenvalue weighted by Crippen LogP contribution is 2.29. The number of aromatic nitrogens is 5. The van der Waals surface area contributed by atoms with Crippen molar-refractivity contribution in [2.24, 2.45) is 0 Å². The number of hydrogen-bond acceptors (Lipinski definition) is 5. The number of aryl methyl sites for hydroxylation is 2.